The molecule has 1 aliphatic heterocycles. The molecular weight excluding hydrogens is 300 g/mol. The van der Waals surface area contributed by atoms with Gasteiger partial charge in [0.1, 0.15) is 17.2 Å². The van der Waals surface area contributed by atoms with E-state index in [1.807, 2.05) is 26.0 Å². The summed E-state index contributed by atoms with van der Waals surface area (Å²) < 4.78 is 7.65. The normalized spacial score (nSPS) is 15.2. The Balaban J connectivity index is 2.05. The second-order valence-electron chi connectivity index (χ2n) is 7.31. The van der Waals surface area contributed by atoms with Crippen LogP contribution in [0, 0.1) is 13.8 Å². The molecule has 1 aliphatic rings. The van der Waals surface area contributed by atoms with Crippen molar-refractivity contribution < 1.29 is 4.74 Å². The van der Waals surface area contributed by atoms with E-state index in [-0.39, 0.29) is 11.2 Å². The predicted molar refractivity (Wildman–Crippen MR) is 96.3 cm³/mol. The van der Waals surface area contributed by atoms with Crippen molar-refractivity contribution in [3.63, 3.8) is 0 Å². The lowest BCUT2D eigenvalue weighted by molar-refractivity contribution is 0.138. The highest BCUT2D eigenvalue weighted by Crippen LogP contribution is 2.35. The van der Waals surface area contributed by atoms with Gasteiger partial charge in [0.2, 0.25) is 0 Å². The summed E-state index contributed by atoms with van der Waals surface area (Å²) >= 11 is 0. The summed E-state index contributed by atoms with van der Waals surface area (Å²) in [6.07, 6.45) is 3.88. The minimum atomic E-state index is -0.181. The molecule has 4 nitrogen and oxygen atoms in total. The molecule has 0 amide bonds. The number of aryl methyl sites for hydroxylation is 2. The van der Waals surface area contributed by atoms with Crippen LogP contribution in [0.1, 0.15) is 56.3 Å². The maximum atomic E-state index is 12.9. The maximum absolute atomic E-state index is 12.9. The van der Waals surface area contributed by atoms with Crippen molar-refractivity contribution in [2.45, 2.75) is 65.9 Å². The average Bonchev–Trinajstić information content (AvgIpc) is 2.82. The van der Waals surface area contributed by atoms with E-state index in [9.17, 15) is 4.79 Å². The molecule has 0 bridgehead atoms. The van der Waals surface area contributed by atoms with Gasteiger partial charge in [-0.25, -0.2) is 4.98 Å². The van der Waals surface area contributed by atoms with Gasteiger partial charge in [-0.1, -0.05) is 13.3 Å². The van der Waals surface area contributed by atoms with Crippen LogP contribution in [0.15, 0.2) is 23.0 Å². The van der Waals surface area contributed by atoms with Gasteiger partial charge in [-0.3, -0.25) is 9.36 Å². The van der Waals surface area contributed by atoms with E-state index in [0.717, 1.165) is 59.8 Å². The Hall–Kier alpha value is -2.10. The first kappa shape index (κ1) is 16.7. The number of unbranched alkanes of at least 4 members (excludes halogenated alkanes) is 1. The topological polar surface area (TPSA) is 44.1 Å². The van der Waals surface area contributed by atoms with Crippen LogP contribution >= 0.6 is 0 Å². The Morgan fingerprint density at radius 3 is 2.75 bits per heavy atom. The largest absolute Gasteiger partial charge is 0.487 e. The molecule has 0 atom stereocenters. The number of ether oxygens (including phenoxy) is 1. The Bertz CT molecular complexity index is 834. The van der Waals surface area contributed by atoms with E-state index in [1.54, 1.807) is 4.57 Å². The van der Waals surface area contributed by atoms with Crippen molar-refractivity contribution in [1.29, 1.82) is 0 Å². The molecule has 2 heterocycles. The Morgan fingerprint density at radius 1 is 1.29 bits per heavy atom. The van der Waals surface area contributed by atoms with E-state index in [2.05, 4.69) is 26.8 Å². The highest BCUT2D eigenvalue weighted by atomic mass is 16.5. The molecule has 0 saturated carbocycles. The standard InChI is InChI=1S/C20H26N2O2/c1-6-7-8-17-13(2)19(23)22(14(3)21-17)16-9-10-18-15(11-16)12-20(4,5)24-18/h9-11H,6-8,12H2,1-5H3. The molecule has 0 saturated heterocycles. The van der Waals surface area contributed by atoms with Crippen LogP contribution in [-0.4, -0.2) is 15.2 Å². The summed E-state index contributed by atoms with van der Waals surface area (Å²) in [4.78, 5) is 17.6. The van der Waals surface area contributed by atoms with Crippen LogP contribution < -0.4 is 10.3 Å². The zero-order valence-electron chi connectivity index (χ0n) is 15.3. The number of rotatable bonds is 4. The molecule has 4 heteroatoms. The highest BCUT2D eigenvalue weighted by Gasteiger charge is 2.30. The summed E-state index contributed by atoms with van der Waals surface area (Å²) in [7, 11) is 0. The smallest absolute Gasteiger partial charge is 0.261 e. The lowest BCUT2D eigenvalue weighted by Gasteiger charge is -2.16. The van der Waals surface area contributed by atoms with Gasteiger partial charge in [0, 0.05) is 17.5 Å². The van der Waals surface area contributed by atoms with E-state index < -0.39 is 0 Å². The van der Waals surface area contributed by atoms with Gasteiger partial charge in [-0.2, -0.15) is 0 Å². The van der Waals surface area contributed by atoms with Gasteiger partial charge in [0.15, 0.2) is 0 Å². The number of fused-ring (bicyclic) bond motifs is 1. The molecule has 0 spiro atoms. The van der Waals surface area contributed by atoms with Crippen molar-refractivity contribution in [2.24, 2.45) is 0 Å². The van der Waals surface area contributed by atoms with Crippen molar-refractivity contribution in [3.05, 3.63) is 51.2 Å². The van der Waals surface area contributed by atoms with Crippen molar-refractivity contribution in [3.8, 4) is 11.4 Å². The molecule has 0 N–H and O–H groups in total. The first-order valence-corrected chi connectivity index (χ1v) is 8.74. The minimum absolute atomic E-state index is 0.0340. The summed E-state index contributed by atoms with van der Waals surface area (Å²) in [6.45, 7) is 10.1. The molecule has 0 aliphatic carbocycles. The molecule has 1 aromatic heterocycles. The van der Waals surface area contributed by atoms with Gasteiger partial charge in [-0.05, 0) is 58.7 Å². The van der Waals surface area contributed by atoms with Crippen molar-refractivity contribution in [2.75, 3.05) is 0 Å². The van der Waals surface area contributed by atoms with Crippen molar-refractivity contribution >= 4 is 0 Å². The second-order valence-corrected chi connectivity index (χ2v) is 7.31. The molecule has 24 heavy (non-hydrogen) atoms. The Labute approximate surface area is 143 Å². The Kier molecular flexibility index (Phi) is 4.24. The lowest BCUT2D eigenvalue weighted by atomic mass is 10.0. The summed E-state index contributed by atoms with van der Waals surface area (Å²) in [5.41, 5.74) is 3.56. The average molecular weight is 326 g/mol. The van der Waals surface area contributed by atoms with E-state index in [4.69, 9.17) is 9.72 Å². The third kappa shape index (κ3) is 2.97. The van der Waals surface area contributed by atoms with Crippen LogP contribution in [0.3, 0.4) is 0 Å². The van der Waals surface area contributed by atoms with Gasteiger partial charge in [0.05, 0.1) is 11.4 Å². The van der Waals surface area contributed by atoms with Crippen molar-refractivity contribution in [1.82, 2.24) is 9.55 Å². The molecular formula is C20H26N2O2. The summed E-state index contributed by atoms with van der Waals surface area (Å²) in [5.74, 6) is 1.66. The van der Waals surface area contributed by atoms with Gasteiger partial charge in [0.25, 0.3) is 5.56 Å². The number of hydrogen-bond acceptors (Lipinski definition) is 3. The molecule has 0 radical (unpaired) electrons. The fraction of sp³-hybridized carbons (Fsp3) is 0.500. The fourth-order valence-corrected chi connectivity index (χ4v) is 3.39. The zero-order valence-corrected chi connectivity index (χ0v) is 15.3. The zero-order chi connectivity index (χ0) is 17.5. The lowest BCUT2D eigenvalue weighted by Crippen LogP contribution is -2.26. The quantitative estimate of drug-likeness (QED) is 0.856. The molecule has 2 aromatic rings. The van der Waals surface area contributed by atoms with E-state index in [0.29, 0.717) is 0 Å². The van der Waals surface area contributed by atoms with Gasteiger partial charge >= 0.3 is 0 Å². The minimum Gasteiger partial charge on any atom is -0.487 e. The van der Waals surface area contributed by atoms with Crippen LogP contribution in [0.2, 0.25) is 0 Å². The number of benzene rings is 1. The summed E-state index contributed by atoms with van der Waals surface area (Å²) in [5, 5.41) is 0. The molecule has 0 fully saturated rings. The van der Waals surface area contributed by atoms with Crippen LogP contribution in [0.25, 0.3) is 5.69 Å². The highest BCUT2D eigenvalue weighted by molar-refractivity contribution is 5.48. The van der Waals surface area contributed by atoms with Gasteiger partial charge in [-0.15, -0.1) is 0 Å². The molecule has 1 aromatic carbocycles. The molecule has 3 rings (SSSR count). The Morgan fingerprint density at radius 2 is 2.04 bits per heavy atom. The maximum Gasteiger partial charge on any atom is 0.261 e. The molecule has 128 valence electrons. The van der Waals surface area contributed by atoms with E-state index >= 15 is 0 Å². The number of hydrogen-bond donors (Lipinski definition) is 0. The predicted octanol–water partition coefficient (Wildman–Crippen LogP) is 3.91. The van der Waals surface area contributed by atoms with E-state index in [1.165, 1.54) is 0 Å². The first-order chi connectivity index (χ1) is 11.3. The van der Waals surface area contributed by atoms with Crippen LogP contribution in [-0.2, 0) is 12.8 Å². The second kappa shape index (κ2) is 6.08. The third-order valence-corrected chi connectivity index (χ3v) is 4.65. The summed E-state index contributed by atoms with van der Waals surface area (Å²) in [6, 6.07) is 5.97. The third-order valence-electron chi connectivity index (χ3n) is 4.65. The number of nitrogens with zero attached hydrogens (tertiary/aromatic N) is 2. The first-order valence-electron chi connectivity index (χ1n) is 8.74. The monoisotopic (exact) mass is 326 g/mol. The van der Waals surface area contributed by atoms with Gasteiger partial charge < -0.3 is 4.74 Å². The molecule has 0 unspecified atom stereocenters. The van der Waals surface area contributed by atoms with Crippen LogP contribution in [0.4, 0.5) is 0 Å². The SMILES string of the molecule is CCCCc1nc(C)n(-c2ccc3c(c2)CC(C)(C)O3)c(=O)c1C. The number of aromatic nitrogens is 2. The fourth-order valence-electron chi connectivity index (χ4n) is 3.39. The van der Waals surface area contributed by atoms with Crippen LogP contribution in [0.5, 0.6) is 5.75 Å².